The van der Waals surface area contributed by atoms with Gasteiger partial charge in [0, 0.05) is 17.8 Å². The van der Waals surface area contributed by atoms with Gasteiger partial charge in [-0.05, 0) is 17.7 Å². The van der Waals surface area contributed by atoms with E-state index in [1.54, 1.807) is 6.07 Å². The predicted molar refractivity (Wildman–Crippen MR) is 43.6 cm³/mol. The number of hydrogen-bond acceptors (Lipinski definition) is 1. The van der Waals surface area contributed by atoms with Crippen molar-refractivity contribution >= 4 is 11.6 Å². The van der Waals surface area contributed by atoms with Crippen LogP contribution in [0.3, 0.4) is 0 Å². The van der Waals surface area contributed by atoms with E-state index in [0.29, 0.717) is 5.56 Å². The van der Waals surface area contributed by atoms with Crippen molar-refractivity contribution in [2.24, 2.45) is 0 Å². The third kappa shape index (κ3) is 3.63. The molecule has 0 radical (unpaired) electrons. The number of aromatic nitrogens is 1. The molecule has 1 aromatic rings. The van der Waals surface area contributed by atoms with E-state index in [1.165, 1.54) is 12.3 Å². The first-order valence-corrected chi connectivity index (χ1v) is 4.11. The summed E-state index contributed by atoms with van der Waals surface area (Å²) >= 11 is 5.46. The molecule has 0 aromatic carbocycles. The maximum atomic E-state index is 11.9. The Kier molecular flexibility index (Phi) is 3.14. The summed E-state index contributed by atoms with van der Waals surface area (Å²) in [5, 5.41) is 0. The van der Waals surface area contributed by atoms with E-state index in [9.17, 15) is 13.2 Å². The lowest BCUT2D eigenvalue weighted by Crippen LogP contribution is -2.12. The van der Waals surface area contributed by atoms with Gasteiger partial charge in [0.05, 0.1) is 6.42 Å². The second kappa shape index (κ2) is 3.96. The fourth-order valence-electron chi connectivity index (χ4n) is 0.913. The third-order valence-electron chi connectivity index (χ3n) is 1.42. The highest BCUT2D eigenvalue weighted by Gasteiger charge is 2.28. The second-order valence-corrected chi connectivity index (χ2v) is 2.85. The summed E-state index contributed by atoms with van der Waals surface area (Å²) in [6.45, 7) is 0. The fourth-order valence-corrected chi connectivity index (χ4v) is 1.08. The van der Waals surface area contributed by atoms with Gasteiger partial charge in [-0.25, -0.2) is 0 Å². The van der Waals surface area contributed by atoms with E-state index in [4.69, 9.17) is 11.6 Å². The summed E-state index contributed by atoms with van der Waals surface area (Å²) in [6, 6.07) is 2.95. The molecule has 1 heterocycles. The topological polar surface area (TPSA) is 12.9 Å². The second-order valence-electron chi connectivity index (χ2n) is 2.58. The van der Waals surface area contributed by atoms with E-state index < -0.39 is 12.6 Å². The van der Waals surface area contributed by atoms with Gasteiger partial charge in [-0.3, -0.25) is 4.98 Å². The lowest BCUT2D eigenvalue weighted by atomic mass is 10.2. The van der Waals surface area contributed by atoms with E-state index >= 15 is 0 Å². The molecule has 0 aliphatic heterocycles. The zero-order valence-corrected chi connectivity index (χ0v) is 7.36. The van der Waals surface area contributed by atoms with E-state index in [0.717, 1.165) is 0 Å². The minimum absolute atomic E-state index is 0.00523. The molecule has 0 bridgehead atoms. The predicted octanol–water partition coefficient (Wildman–Crippen LogP) is 2.93. The highest BCUT2D eigenvalue weighted by Crippen LogP contribution is 2.20. The highest BCUT2D eigenvalue weighted by atomic mass is 35.5. The molecule has 1 rings (SSSR count). The van der Waals surface area contributed by atoms with Gasteiger partial charge < -0.3 is 0 Å². The van der Waals surface area contributed by atoms with Crippen LogP contribution in [0.4, 0.5) is 13.2 Å². The van der Waals surface area contributed by atoms with Crippen LogP contribution in [0.5, 0.6) is 0 Å². The quantitative estimate of drug-likeness (QED) is 0.683. The van der Waals surface area contributed by atoms with Crippen molar-refractivity contribution in [3.8, 4) is 0 Å². The number of pyridine rings is 1. The molecule has 0 amide bonds. The monoisotopic (exact) mass is 209 g/mol. The molecule has 0 unspecified atom stereocenters. The van der Waals surface area contributed by atoms with Crippen molar-refractivity contribution in [1.82, 2.24) is 4.98 Å². The first-order valence-electron chi connectivity index (χ1n) is 3.58. The Morgan fingerprint density at radius 1 is 1.38 bits per heavy atom. The Bertz CT molecular complexity index is 285. The first kappa shape index (κ1) is 10.3. The highest BCUT2D eigenvalue weighted by molar-refractivity contribution is 6.17. The third-order valence-corrected chi connectivity index (χ3v) is 1.73. The summed E-state index contributed by atoms with van der Waals surface area (Å²) in [4.78, 5) is 3.59. The standard InChI is InChI=1S/C8H7ClF3N/c9-5-6-1-2-13-7(3-6)4-8(10,11)12/h1-3H,4-5H2. The van der Waals surface area contributed by atoms with Crippen LogP contribution < -0.4 is 0 Å². The maximum Gasteiger partial charge on any atom is 0.394 e. The van der Waals surface area contributed by atoms with Crippen LogP contribution in [-0.2, 0) is 12.3 Å². The average Bonchev–Trinajstić information content (AvgIpc) is 2.01. The van der Waals surface area contributed by atoms with Crippen LogP contribution >= 0.6 is 11.6 Å². The number of nitrogens with zero attached hydrogens (tertiary/aromatic N) is 1. The van der Waals surface area contributed by atoms with Gasteiger partial charge in [0.25, 0.3) is 0 Å². The molecule has 1 aromatic heterocycles. The molecule has 5 heteroatoms. The molecule has 0 aliphatic rings. The summed E-state index contributed by atoms with van der Waals surface area (Å²) in [7, 11) is 0. The molecule has 0 aliphatic carbocycles. The largest absolute Gasteiger partial charge is 0.394 e. The zero-order valence-electron chi connectivity index (χ0n) is 6.61. The average molecular weight is 210 g/mol. The minimum Gasteiger partial charge on any atom is -0.261 e. The van der Waals surface area contributed by atoms with Crippen molar-refractivity contribution in [2.75, 3.05) is 0 Å². The summed E-state index contributed by atoms with van der Waals surface area (Å²) in [5.74, 6) is 0.202. The van der Waals surface area contributed by atoms with E-state index in [2.05, 4.69) is 4.98 Å². The van der Waals surface area contributed by atoms with Crippen LogP contribution in [0.2, 0.25) is 0 Å². The van der Waals surface area contributed by atoms with Gasteiger partial charge in [0.1, 0.15) is 0 Å². The van der Waals surface area contributed by atoms with Gasteiger partial charge >= 0.3 is 6.18 Å². The summed E-state index contributed by atoms with van der Waals surface area (Å²) in [5.41, 5.74) is 0.654. The normalized spacial score (nSPS) is 11.7. The number of hydrogen-bond donors (Lipinski definition) is 0. The molecule has 13 heavy (non-hydrogen) atoms. The van der Waals surface area contributed by atoms with Crippen LogP contribution in [-0.4, -0.2) is 11.2 Å². The zero-order chi connectivity index (χ0) is 9.90. The Balaban J connectivity index is 2.78. The Labute approximate surface area is 78.5 Å². The molecular formula is C8H7ClF3N. The van der Waals surface area contributed by atoms with Crippen LogP contribution in [0.1, 0.15) is 11.3 Å². The van der Waals surface area contributed by atoms with E-state index in [-0.39, 0.29) is 11.6 Å². The van der Waals surface area contributed by atoms with Gasteiger partial charge in [-0.1, -0.05) is 0 Å². The Hall–Kier alpha value is -0.770. The van der Waals surface area contributed by atoms with Crippen molar-refractivity contribution in [3.63, 3.8) is 0 Å². The van der Waals surface area contributed by atoms with Gasteiger partial charge in [-0.15, -0.1) is 11.6 Å². The van der Waals surface area contributed by atoms with Crippen LogP contribution in [0, 0.1) is 0 Å². The molecule has 0 saturated carbocycles. The Morgan fingerprint density at radius 2 is 2.08 bits per heavy atom. The first-order chi connectivity index (χ1) is 6.01. The maximum absolute atomic E-state index is 11.9. The minimum atomic E-state index is -4.21. The molecule has 1 nitrogen and oxygen atoms in total. The SMILES string of the molecule is FC(F)(F)Cc1cc(CCl)ccn1. The van der Waals surface area contributed by atoms with Gasteiger partial charge in [-0.2, -0.15) is 13.2 Å². The number of alkyl halides is 4. The molecule has 0 saturated heterocycles. The van der Waals surface area contributed by atoms with Crippen LogP contribution in [0.15, 0.2) is 18.3 Å². The lowest BCUT2D eigenvalue weighted by molar-refractivity contribution is -0.127. The number of rotatable bonds is 2. The lowest BCUT2D eigenvalue weighted by Gasteiger charge is -2.05. The molecule has 0 fully saturated rings. The Morgan fingerprint density at radius 3 is 2.62 bits per heavy atom. The van der Waals surface area contributed by atoms with E-state index in [1.807, 2.05) is 0 Å². The van der Waals surface area contributed by atoms with Crippen molar-refractivity contribution < 1.29 is 13.2 Å². The number of halogens is 4. The molecule has 72 valence electrons. The van der Waals surface area contributed by atoms with Crippen molar-refractivity contribution in [3.05, 3.63) is 29.6 Å². The summed E-state index contributed by atoms with van der Waals surface area (Å²) < 4.78 is 35.7. The molecule has 0 atom stereocenters. The smallest absolute Gasteiger partial charge is 0.261 e. The van der Waals surface area contributed by atoms with Crippen LogP contribution in [0.25, 0.3) is 0 Å². The fraction of sp³-hybridized carbons (Fsp3) is 0.375. The van der Waals surface area contributed by atoms with Gasteiger partial charge in [0.15, 0.2) is 0 Å². The molecule has 0 spiro atoms. The van der Waals surface area contributed by atoms with Gasteiger partial charge in [0.2, 0.25) is 0 Å². The van der Waals surface area contributed by atoms with Crippen molar-refractivity contribution in [1.29, 1.82) is 0 Å². The molecule has 0 N–H and O–H groups in total. The van der Waals surface area contributed by atoms with Crippen molar-refractivity contribution in [2.45, 2.75) is 18.5 Å². The molecular weight excluding hydrogens is 203 g/mol. The summed E-state index contributed by atoms with van der Waals surface area (Å²) in [6.07, 6.45) is -3.88.